The van der Waals surface area contributed by atoms with Crippen molar-refractivity contribution in [3.8, 4) is 0 Å². The highest BCUT2D eigenvalue weighted by Gasteiger charge is 2.28. The van der Waals surface area contributed by atoms with Gasteiger partial charge in [-0.1, -0.05) is 25.9 Å². The number of nitrogens with zero attached hydrogens (tertiary/aromatic N) is 5. The number of aromatic nitrogens is 3. The molecular formula is C20H29N5O3. The molecule has 0 N–H and O–H groups in total. The molecule has 1 aliphatic heterocycles. The van der Waals surface area contributed by atoms with Crippen LogP contribution in [0, 0.1) is 0 Å². The number of pyridine rings is 1. The number of hydrogen-bond donors (Lipinski definition) is 0. The lowest BCUT2D eigenvalue weighted by Gasteiger charge is -2.37. The van der Waals surface area contributed by atoms with Crippen LogP contribution in [0.15, 0.2) is 22.9 Å². The van der Waals surface area contributed by atoms with Crippen molar-refractivity contribution in [2.24, 2.45) is 0 Å². The molecule has 2 aromatic rings. The van der Waals surface area contributed by atoms with Gasteiger partial charge in [0.2, 0.25) is 5.89 Å². The van der Waals surface area contributed by atoms with Gasteiger partial charge in [0.25, 0.3) is 0 Å². The smallest absolute Gasteiger partial charge is 0.339 e. The van der Waals surface area contributed by atoms with E-state index in [1.165, 1.54) is 0 Å². The van der Waals surface area contributed by atoms with Gasteiger partial charge in [-0.15, -0.1) is 0 Å². The highest BCUT2D eigenvalue weighted by molar-refractivity contribution is 5.89. The SMILES string of the molecule is CCOC(=O)c1ccc(N2CCN([C@H](C)c3nc(C(C)(C)C)no3)CC2)nc1. The summed E-state index contributed by atoms with van der Waals surface area (Å²) in [5.41, 5.74) is 0.352. The van der Waals surface area contributed by atoms with E-state index in [1.807, 2.05) is 6.07 Å². The second kappa shape index (κ2) is 8.26. The summed E-state index contributed by atoms with van der Waals surface area (Å²) in [5.74, 6) is 1.93. The third-order valence-electron chi connectivity index (χ3n) is 4.91. The lowest BCUT2D eigenvalue weighted by molar-refractivity contribution is 0.0526. The zero-order valence-corrected chi connectivity index (χ0v) is 17.3. The Morgan fingerprint density at radius 2 is 1.96 bits per heavy atom. The Kier molecular flexibility index (Phi) is 5.98. The summed E-state index contributed by atoms with van der Waals surface area (Å²) in [6.45, 7) is 13.9. The zero-order chi connectivity index (χ0) is 20.3. The Hall–Kier alpha value is -2.48. The van der Waals surface area contributed by atoms with Crippen LogP contribution in [0.2, 0.25) is 0 Å². The van der Waals surface area contributed by atoms with Crippen LogP contribution in [0.4, 0.5) is 5.82 Å². The van der Waals surface area contributed by atoms with Gasteiger partial charge >= 0.3 is 5.97 Å². The molecule has 0 bridgehead atoms. The van der Waals surface area contributed by atoms with E-state index in [4.69, 9.17) is 9.26 Å². The van der Waals surface area contributed by atoms with Crippen LogP contribution in [0.1, 0.15) is 62.7 Å². The fourth-order valence-electron chi connectivity index (χ4n) is 3.11. The molecule has 152 valence electrons. The first kappa shape index (κ1) is 20.3. The molecule has 8 heteroatoms. The van der Waals surface area contributed by atoms with Crippen LogP contribution >= 0.6 is 0 Å². The second-order valence-electron chi connectivity index (χ2n) is 8.03. The molecule has 1 fully saturated rings. The van der Waals surface area contributed by atoms with Crippen molar-refractivity contribution in [1.82, 2.24) is 20.0 Å². The fourth-order valence-corrected chi connectivity index (χ4v) is 3.11. The van der Waals surface area contributed by atoms with Gasteiger partial charge in [-0.05, 0) is 26.0 Å². The van der Waals surface area contributed by atoms with Crippen LogP contribution in [0.5, 0.6) is 0 Å². The molecule has 0 spiro atoms. The van der Waals surface area contributed by atoms with Gasteiger partial charge in [-0.25, -0.2) is 9.78 Å². The van der Waals surface area contributed by atoms with E-state index in [2.05, 4.69) is 52.6 Å². The van der Waals surface area contributed by atoms with Crippen molar-refractivity contribution in [1.29, 1.82) is 0 Å². The summed E-state index contributed by atoms with van der Waals surface area (Å²) in [6.07, 6.45) is 1.58. The molecule has 0 aliphatic carbocycles. The van der Waals surface area contributed by atoms with Gasteiger partial charge in [0.1, 0.15) is 5.82 Å². The van der Waals surface area contributed by atoms with Crippen LogP contribution in [0.25, 0.3) is 0 Å². The molecule has 0 radical (unpaired) electrons. The number of rotatable bonds is 5. The van der Waals surface area contributed by atoms with E-state index in [0.717, 1.165) is 37.8 Å². The summed E-state index contributed by atoms with van der Waals surface area (Å²) < 4.78 is 10.5. The maximum atomic E-state index is 11.7. The second-order valence-corrected chi connectivity index (χ2v) is 8.03. The summed E-state index contributed by atoms with van der Waals surface area (Å²) in [5, 5.41) is 4.13. The summed E-state index contributed by atoms with van der Waals surface area (Å²) in [7, 11) is 0. The summed E-state index contributed by atoms with van der Waals surface area (Å²) in [4.78, 5) is 25.3. The number of carbonyl (C=O) groups excluding carboxylic acids is 1. The Labute approximate surface area is 165 Å². The number of anilines is 1. The molecule has 28 heavy (non-hydrogen) atoms. The molecular weight excluding hydrogens is 358 g/mol. The van der Waals surface area contributed by atoms with Gasteiger partial charge in [0.05, 0.1) is 18.2 Å². The first-order valence-electron chi connectivity index (χ1n) is 9.76. The van der Waals surface area contributed by atoms with Crippen molar-refractivity contribution in [3.05, 3.63) is 35.6 Å². The molecule has 1 saturated heterocycles. The minimum Gasteiger partial charge on any atom is -0.462 e. The number of carbonyl (C=O) groups is 1. The predicted octanol–water partition coefficient (Wildman–Crippen LogP) is 2.82. The first-order chi connectivity index (χ1) is 13.3. The zero-order valence-electron chi connectivity index (χ0n) is 17.3. The number of esters is 1. The normalized spacial score (nSPS) is 16.8. The van der Waals surface area contributed by atoms with E-state index in [9.17, 15) is 4.79 Å². The van der Waals surface area contributed by atoms with Crippen LogP contribution in [-0.2, 0) is 10.2 Å². The standard InChI is InChI=1S/C20H29N5O3/c1-6-27-18(26)15-7-8-16(21-13-15)25-11-9-24(10-12-25)14(2)17-22-19(23-28-17)20(3,4)5/h7-8,13-14H,6,9-12H2,1-5H3/t14-/m1/s1. The number of hydrogen-bond acceptors (Lipinski definition) is 8. The Balaban J connectivity index is 1.58. The van der Waals surface area contributed by atoms with Crippen molar-refractivity contribution in [3.63, 3.8) is 0 Å². The molecule has 2 aromatic heterocycles. The Morgan fingerprint density at radius 1 is 1.25 bits per heavy atom. The molecule has 3 heterocycles. The largest absolute Gasteiger partial charge is 0.462 e. The van der Waals surface area contributed by atoms with E-state index in [0.29, 0.717) is 18.1 Å². The highest BCUT2D eigenvalue weighted by atomic mass is 16.5. The quantitative estimate of drug-likeness (QED) is 0.724. The molecule has 0 amide bonds. The van der Waals surface area contributed by atoms with Crippen molar-refractivity contribution in [2.75, 3.05) is 37.7 Å². The Bertz CT molecular complexity index is 789. The molecule has 1 atom stereocenters. The van der Waals surface area contributed by atoms with Gasteiger partial charge in [-0.2, -0.15) is 4.98 Å². The van der Waals surface area contributed by atoms with E-state index in [-0.39, 0.29) is 17.4 Å². The van der Waals surface area contributed by atoms with E-state index < -0.39 is 0 Å². The summed E-state index contributed by atoms with van der Waals surface area (Å²) >= 11 is 0. The van der Waals surface area contributed by atoms with Gasteiger partial charge in [0.15, 0.2) is 5.82 Å². The third-order valence-corrected chi connectivity index (χ3v) is 4.91. The summed E-state index contributed by atoms with van der Waals surface area (Å²) in [6, 6.07) is 3.71. The maximum Gasteiger partial charge on any atom is 0.339 e. The molecule has 8 nitrogen and oxygen atoms in total. The van der Waals surface area contributed by atoms with Crippen molar-refractivity contribution < 1.29 is 14.1 Å². The van der Waals surface area contributed by atoms with Crippen molar-refractivity contribution >= 4 is 11.8 Å². The minimum absolute atomic E-state index is 0.0740. The monoisotopic (exact) mass is 387 g/mol. The lowest BCUT2D eigenvalue weighted by Crippen LogP contribution is -2.47. The topological polar surface area (TPSA) is 84.6 Å². The van der Waals surface area contributed by atoms with Crippen LogP contribution in [-0.4, -0.2) is 58.8 Å². The van der Waals surface area contributed by atoms with Crippen LogP contribution < -0.4 is 4.90 Å². The van der Waals surface area contributed by atoms with Gasteiger partial charge in [0, 0.05) is 37.8 Å². The molecule has 3 rings (SSSR count). The third kappa shape index (κ3) is 4.49. The fraction of sp³-hybridized carbons (Fsp3) is 0.600. The first-order valence-corrected chi connectivity index (χ1v) is 9.76. The molecule has 0 saturated carbocycles. The van der Waals surface area contributed by atoms with Crippen molar-refractivity contribution in [2.45, 2.75) is 46.1 Å². The predicted molar refractivity (Wildman–Crippen MR) is 105 cm³/mol. The minimum atomic E-state index is -0.339. The highest BCUT2D eigenvalue weighted by Crippen LogP contribution is 2.25. The Morgan fingerprint density at radius 3 is 2.50 bits per heavy atom. The molecule has 1 aliphatic rings. The maximum absolute atomic E-state index is 11.7. The van der Waals surface area contributed by atoms with E-state index in [1.54, 1.807) is 19.2 Å². The van der Waals surface area contributed by atoms with Gasteiger partial charge < -0.3 is 14.2 Å². The number of piperazine rings is 1. The average Bonchev–Trinajstić information content (AvgIpc) is 3.19. The average molecular weight is 387 g/mol. The van der Waals surface area contributed by atoms with Crippen LogP contribution in [0.3, 0.4) is 0 Å². The molecule has 0 unspecified atom stereocenters. The van der Waals surface area contributed by atoms with Gasteiger partial charge in [-0.3, -0.25) is 4.90 Å². The van der Waals surface area contributed by atoms with E-state index >= 15 is 0 Å². The number of ether oxygens (including phenoxy) is 1. The molecule has 0 aromatic carbocycles. The lowest BCUT2D eigenvalue weighted by atomic mass is 9.96.